The Morgan fingerprint density at radius 1 is 1.29 bits per heavy atom. The predicted octanol–water partition coefficient (Wildman–Crippen LogP) is 1.22. The van der Waals surface area contributed by atoms with Gasteiger partial charge < -0.3 is 5.73 Å². The normalized spacial score (nSPS) is 11.1. The zero-order valence-corrected chi connectivity index (χ0v) is 7.82. The number of anilines is 1. The van der Waals surface area contributed by atoms with Crippen molar-refractivity contribution in [3.05, 3.63) is 18.6 Å². The van der Waals surface area contributed by atoms with Gasteiger partial charge in [-0.1, -0.05) is 0 Å². The highest BCUT2D eigenvalue weighted by Crippen LogP contribution is 2.32. The van der Waals surface area contributed by atoms with Gasteiger partial charge in [-0.2, -0.15) is 5.10 Å². The van der Waals surface area contributed by atoms with Crippen molar-refractivity contribution in [2.24, 2.45) is 0 Å². The number of nitrogen functional groups attached to an aromatic ring is 1. The molecule has 0 saturated carbocycles. The van der Waals surface area contributed by atoms with Crippen LogP contribution in [-0.4, -0.2) is 20.2 Å². The van der Waals surface area contributed by atoms with E-state index < -0.39 is 0 Å². The highest BCUT2D eigenvalue weighted by atomic mass is 32.1. The van der Waals surface area contributed by atoms with Crippen LogP contribution < -0.4 is 5.73 Å². The molecule has 0 radical (unpaired) electrons. The second-order valence-electron chi connectivity index (χ2n) is 2.79. The largest absolute Gasteiger partial charge is 0.382 e. The van der Waals surface area contributed by atoms with Crippen LogP contribution in [0.25, 0.3) is 20.4 Å². The summed E-state index contributed by atoms with van der Waals surface area (Å²) in [5.74, 6) is 0.498. The Labute approximate surface area is 82.6 Å². The van der Waals surface area contributed by atoms with Crippen LogP contribution in [0.2, 0.25) is 0 Å². The second-order valence-corrected chi connectivity index (χ2v) is 3.79. The Morgan fingerprint density at radius 3 is 3.14 bits per heavy atom. The molecule has 14 heavy (non-hydrogen) atoms. The number of nitrogens with two attached hydrogens (primary N) is 1. The minimum atomic E-state index is 0.498. The molecule has 0 aromatic carbocycles. The Kier molecular flexibility index (Phi) is 1.40. The van der Waals surface area contributed by atoms with Crippen LogP contribution >= 0.6 is 11.3 Å². The van der Waals surface area contributed by atoms with E-state index in [1.807, 2.05) is 6.07 Å². The van der Waals surface area contributed by atoms with E-state index in [0.29, 0.717) is 5.82 Å². The van der Waals surface area contributed by atoms with Crippen molar-refractivity contribution >= 4 is 37.6 Å². The summed E-state index contributed by atoms with van der Waals surface area (Å²) >= 11 is 1.46. The summed E-state index contributed by atoms with van der Waals surface area (Å²) in [5, 5.41) is 8.79. The van der Waals surface area contributed by atoms with Crippen molar-refractivity contribution in [1.82, 2.24) is 20.2 Å². The summed E-state index contributed by atoms with van der Waals surface area (Å²) < 4.78 is 0.878. The summed E-state index contributed by atoms with van der Waals surface area (Å²) in [4.78, 5) is 8.96. The first-order valence-corrected chi connectivity index (χ1v) is 4.78. The van der Waals surface area contributed by atoms with E-state index in [1.165, 1.54) is 17.7 Å². The summed E-state index contributed by atoms with van der Waals surface area (Å²) in [6.07, 6.45) is 3.11. The Bertz CT molecular complexity index is 617. The van der Waals surface area contributed by atoms with Crippen molar-refractivity contribution in [3.63, 3.8) is 0 Å². The van der Waals surface area contributed by atoms with E-state index in [9.17, 15) is 0 Å². The molecule has 6 heteroatoms. The van der Waals surface area contributed by atoms with Gasteiger partial charge in [0.05, 0.1) is 16.4 Å². The smallest absolute Gasteiger partial charge is 0.149 e. The SMILES string of the molecule is Nc1ncnc2c1sc1nnccc12. The molecule has 0 aliphatic heterocycles. The Balaban J connectivity index is 2.63. The maximum atomic E-state index is 5.73. The van der Waals surface area contributed by atoms with E-state index in [0.717, 1.165) is 20.4 Å². The highest BCUT2D eigenvalue weighted by Gasteiger charge is 2.09. The number of hydrogen-bond donors (Lipinski definition) is 1. The number of aromatic nitrogens is 4. The molecule has 0 aliphatic rings. The molecule has 5 nitrogen and oxygen atoms in total. The second kappa shape index (κ2) is 2.58. The van der Waals surface area contributed by atoms with Crippen LogP contribution in [0.1, 0.15) is 0 Å². The lowest BCUT2D eigenvalue weighted by atomic mass is 10.3. The minimum absolute atomic E-state index is 0.498. The third-order valence-electron chi connectivity index (χ3n) is 1.97. The lowest BCUT2D eigenvalue weighted by molar-refractivity contribution is 1.09. The average molecular weight is 203 g/mol. The van der Waals surface area contributed by atoms with Crippen molar-refractivity contribution in [1.29, 1.82) is 0 Å². The van der Waals surface area contributed by atoms with Gasteiger partial charge in [-0.25, -0.2) is 9.97 Å². The van der Waals surface area contributed by atoms with E-state index in [4.69, 9.17) is 5.73 Å². The fraction of sp³-hybridized carbons (Fsp3) is 0. The van der Waals surface area contributed by atoms with Gasteiger partial charge in [0.1, 0.15) is 17.0 Å². The molecule has 0 bridgehead atoms. The molecule has 0 spiro atoms. The van der Waals surface area contributed by atoms with Crippen LogP contribution in [0.4, 0.5) is 5.82 Å². The summed E-state index contributed by atoms with van der Waals surface area (Å²) in [6.45, 7) is 0. The number of thiophene rings is 1. The first kappa shape index (κ1) is 7.57. The van der Waals surface area contributed by atoms with E-state index in [1.54, 1.807) is 6.20 Å². The highest BCUT2D eigenvalue weighted by molar-refractivity contribution is 7.25. The standard InChI is InChI=1S/C8H5N5S/c9-7-6-5(10-3-11-7)4-1-2-12-13-8(4)14-6/h1-3H,(H2,9,10,11). The molecule has 2 N–H and O–H groups in total. The molecular formula is C8H5N5S. The fourth-order valence-corrected chi connectivity index (χ4v) is 2.32. The van der Waals surface area contributed by atoms with Gasteiger partial charge in [0.25, 0.3) is 0 Å². The first-order chi connectivity index (χ1) is 6.86. The molecule has 3 aromatic heterocycles. The van der Waals surface area contributed by atoms with Crippen molar-refractivity contribution in [2.45, 2.75) is 0 Å². The lowest BCUT2D eigenvalue weighted by Crippen LogP contribution is -1.89. The zero-order chi connectivity index (χ0) is 9.54. The monoisotopic (exact) mass is 203 g/mol. The molecule has 0 atom stereocenters. The fourth-order valence-electron chi connectivity index (χ4n) is 1.35. The molecule has 0 saturated heterocycles. The number of hydrogen-bond acceptors (Lipinski definition) is 6. The minimum Gasteiger partial charge on any atom is -0.382 e. The first-order valence-electron chi connectivity index (χ1n) is 3.96. The van der Waals surface area contributed by atoms with Crippen LogP contribution in [0.15, 0.2) is 18.6 Å². The number of nitrogens with zero attached hydrogens (tertiary/aromatic N) is 4. The van der Waals surface area contributed by atoms with Crippen LogP contribution in [0.3, 0.4) is 0 Å². The van der Waals surface area contributed by atoms with E-state index in [-0.39, 0.29) is 0 Å². The van der Waals surface area contributed by atoms with Gasteiger partial charge in [0, 0.05) is 5.39 Å². The molecule has 0 fully saturated rings. The molecule has 3 aromatic rings. The van der Waals surface area contributed by atoms with Crippen LogP contribution in [0, 0.1) is 0 Å². The van der Waals surface area contributed by atoms with Gasteiger partial charge in [-0.15, -0.1) is 16.4 Å². The predicted molar refractivity (Wildman–Crippen MR) is 54.9 cm³/mol. The van der Waals surface area contributed by atoms with Gasteiger partial charge in [-0.05, 0) is 6.07 Å². The zero-order valence-electron chi connectivity index (χ0n) is 7.01. The maximum Gasteiger partial charge on any atom is 0.149 e. The molecule has 0 amide bonds. The van der Waals surface area contributed by atoms with Gasteiger partial charge >= 0.3 is 0 Å². The Morgan fingerprint density at radius 2 is 2.21 bits per heavy atom. The number of fused-ring (bicyclic) bond motifs is 3. The van der Waals surface area contributed by atoms with Gasteiger partial charge in [-0.3, -0.25) is 0 Å². The van der Waals surface area contributed by atoms with E-state index >= 15 is 0 Å². The molecular weight excluding hydrogens is 198 g/mol. The third kappa shape index (κ3) is 0.882. The van der Waals surface area contributed by atoms with E-state index in [2.05, 4.69) is 20.2 Å². The van der Waals surface area contributed by atoms with Crippen molar-refractivity contribution in [2.75, 3.05) is 5.73 Å². The summed E-state index contributed by atoms with van der Waals surface area (Å²) in [5.41, 5.74) is 6.59. The van der Waals surface area contributed by atoms with Crippen molar-refractivity contribution < 1.29 is 0 Å². The topological polar surface area (TPSA) is 77.6 Å². The Hall–Kier alpha value is -1.82. The molecule has 68 valence electrons. The van der Waals surface area contributed by atoms with Crippen molar-refractivity contribution in [3.8, 4) is 0 Å². The molecule has 0 unspecified atom stereocenters. The summed E-state index contributed by atoms with van der Waals surface area (Å²) in [7, 11) is 0. The quantitative estimate of drug-likeness (QED) is 0.594. The lowest BCUT2D eigenvalue weighted by Gasteiger charge is -1.91. The number of rotatable bonds is 0. The van der Waals surface area contributed by atoms with Crippen LogP contribution in [-0.2, 0) is 0 Å². The molecule has 3 heterocycles. The van der Waals surface area contributed by atoms with Gasteiger partial charge in [0.2, 0.25) is 0 Å². The molecule has 3 rings (SSSR count). The summed E-state index contributed by atoms with van der Waals surface area (Å²) in [6, 6.07) is 1.88. The maximum absolute atomic E-state index is 5.73. The third-order valence-corrected chi connectivity index (χ3v) is 3.07. The average Bonchev–Trinajstić information content (AvgIpc) is 2.59. The van der Waals surface area contributed by atoms with Gasteiger partial charge in [0.15, 0.2) is 0 Å². The van der Waals surface area contributed by atoms with Crippen LogP contribution in [0.5, 0.6) is 0 Å². The molecule has 0 aliphatic carbocycles.